The second kappa shape index (κ2) is 6.28. The normalized spacial score (nSPS) is 23.9. The predicted octanol–water partition coefficient (Wildman–Crippen LogP) is 2.90. The van der Waals surface area contributed by atoms with E-state index in [1.165, 1.54) is 6.07 Å². The third-order valence-corrected chi connectivity index (χ3v) is 3.41. The van der Waals surface area contributed by atoms with Crippen LogP contribution in [-0.2, 0) is 0 Å². The van der Waals surface area contributed by atoms with Crippen LogP contribution in [0.2, 0.25) is 0 Å². The van der Waals surface area contributed by atoms with Gasteiger partial charge in [-0.15, -0.1) is 0 Å². The van der Waals surface area contributed by atoms with Crippen molar-refractivity contribution in [3.63, 3.8) is 0 Å². The van der Waals surface area contributed by atoms with E-state index in [1.54, 1.807) is 18.2 Å². The van der Waals surface area contributed by atoms with Gasteiger partial charge in [0.1, 0.15) is 5.82 Å². The van der Waals surface area contributed by atoms with Crippen LogP contribution >= 0.6 is 0 Å². The van der Waals surface area contributed by atoms with E-state index in [2.05, 4.69) is 12.2 Å². The molecule has 106 valence electrons. The fourth-order valence-electron chi connectivity index (χ4n) is 2.66. The minimum atomic E-state index is -2.35. The number of alkyl halides is 2. The Labute approximate surface area is 111 Å². The molecule has 1 N–H and O–H groups in total. The van der Waals surface area contributed by atoms with Gasteiger partial charge >= 0.3 is 0 Å². The van der Waals surface area contributed by atoms with Gasteiger partial charge in [0.15, 0.2) is 0 Å². The highest BCUT2D eigenvalue weighted by Crippen LogP contribution is 2.25. The highest BCUT2D eigenvalue weighted by molar-refractivity contribution is 5.48. The van der Waals surface area contributed by atoms with Gasteiger partial charge in [-0.3, -0.25) is 0 Å². The maximum atomic E-state index is 13.8. The lowest BCUT2D eigenvalue weighted by Gasteiger charge is -2.38. The van der Waals surface area contributed by atoms with Crippen LogP contribution in [0.25, 0.3) is 0 Å². The highest BCUT2D eigenvalue weighted by atomic mass is 19.3. The van der Waals surface area contributed by atoms with Crippen LogP contribution in [0.1, 0.15) is 13.3 Å². The second-order valence-corrected chi connectivity index (χ2v) is 5.19. The molecule has 0 spiro atoms. The van der Waals surface area contributed by atoms with E-state index in [0.717, 1.165) is 13.0 Å². The topological polar surface area (TPSA) is 15.3 Å². The fourth-order valence-corrected chi connectivity index (χ4v) is 2.66. The summed E-state index contributed by atoms with van der Waals surface area (Å²) in [6, 6.07) is 6.59. The van der Waals surface area contributed by atoms with E-state index in [1.807, 2.05) is 4.90 Å². The van der Waals surface area contributed by atoms with Crippen molar-refractivity contribution in [2.75, 3.05) is 24.5 Å². The SMILES string of the molecule is CC1CC(NCC(F)F)CN(c2ccccc2F)C1. The van der Waals surface area contributed by atoms with Crippen molar-refractivity contribution < 1.29 is 13.2 Å². The molecule has 2 atom stereocenters. The molecule has 0 radical (unpaired) electrons. The maximum absolute atomic E-state index is 13.8. The lowest BCUT2D eigenvalue weighted by Crippen LogP contribution is -2.50. The van der Waals surface area contributed by atoms with Gasteiger partial charge in [0.25, 0.3) is 6.43 Å². The summed E-state index contributed by atoms with van der Waals surface area (Å²) in [7, 11) is 0. The van der Waals surface area contributed by atoms with Gasteiger partial charge < -0.3 is 10.2 Å². The van der Waals surface area contributed by atoms with Gasteiger partial charge in [0, 0.05) is 19.1 Å². The Kier molecular flexibility index (Phi) is 4.69. The third-order valence-electron chi connectivity index (χ3n) is 3.41. The molecule has 5 heteroatoms. The monoisotopic (exact) mass is 272 g/mol. The van der Waals surface area contributed by atoms with Crippen LogP contribution in [-0.4, -0.2) is 32.1 Å². The van der Waals surface area contributed by atoms with Crippen LogP contribution in [0.4, 0.5) is 18.9 Å². The Hall–Kier alpha value is -1.23. The zero-order valence-corrected chi connectivity index (χ0v) is 11.0. The molecule has 1 aromatic carbocycles. The van der Waals surface area contributed by atoms with Crippen molar-refractivity contribution in [1.82, 2.24) is 5.32 Å². The Bertz CT molecular complexity index is 411. The van der Waals surface area contributed by atoms with E-state index < -0.39 is 6.43 Å². The lowest BCUT2D eigenvalue weighted by molar-refractivity contribution is 0.138. The molecule has 2 nitrogen and oxygen atoms in total. The molecule has 0 saturated carbocycles. The highest BCUT2D eigenvalue weighted by Gasteiger charge is 2.26. The average molecular weight is 272 g/mol. The molecule has 1 aromatic rings. The summed E-state index contributed by atoms with van der Waals surface area (Å²) in [5, 5.41) is 2.86. The summed E-state index contributed by atoms with van der Waals surface area (Å²) in [6.45, 7) is 3.08. The van der Waals surface area contributed by atoms with Gasteiger partial charge in [-0.2, -0.15) is 0 Å². The van der Waals surface area contributed by atoms with Crippen LogP contribution < -0.4 is 10.2 Å². The molecule has 1 fully saturated rings. The van der Waals surface area contributed by atoms with Crippen LogP contribution in [0, 0.1) is 11.7 Å². The minimum absolute atomic E-state index is 0.0163. The van der Waals surface area contributed by atoms with Gasteiger partial charge in [-0.1, -0.05) is 19.1 Å². The smallest absolute Gasteiger partial charge is 0.250 e. The van der Waals surface area contributed by atoms with Crippen molar-refractivity contribution in [2.45, 2.75) is 25.8 Å². The van der Waals surface area contributed by atoms with Crippen LogP contribution in [0.15, 0.2) is 24.3 Å². The first-order chi connectivity index (χ1) is 9.06. The van der Waals surface area contributed by atoms with Crippen molar-refractivity contribution in [3.05, 3.63) is 30.1 Å². The number of halogens is 3. The third kappa shape index (κ3) is 3.86. The Morgan fingerprint density at radius 2 is 2.05 bits per heavy atom. The Balaban J connectivity index is 2.03. The molecule has 2 rings (SSSR count). The minimum Gasteiger partial charge on any atom is -0.367 e. The quantitative estimate of drug-likeness (QED) is 0.906. The first-order valence-electron chi connectivity index (χ1n) is 6.57. The number of para-hydroxylation sites is 1. The molecular formula is C14H19F3N2. The summed E-state index contributed by atoms with van der Waals surface area (Å²) in [5.41, 5.74) is 0.554. The van der Waals surface area contributed by atoms with Gasteiger partial charge in [0.2, 0.25) is 0 Å². The van der Waals surface area contributed by atoms with E-state index in [9.17, 15) is 13.2 Å². The predicted molar refractivity (Wildman–Crippen MR) is 70.2 cm³/mol. The molecule has 0 aliphatic carbocycles. The molecule has 0 bridgehead atoms. The van der Waals surface area contributed by atoms with Crippen LogP contribution in [0.3, 0.4) is 0 Å². The zero-order valence-electron chi connectivity index (χ0n) is 11.0. The van der Waals surface area contributed by atoms with Gasteiger partial charge in [-0.05, 0) is 24.5 Å². The maximum Gasteiger partial charge on any atom is 0.250 e. The molecule has 1 aliphatic heterocycles. The largest absolute Gasteiger partial charge is 0.367 e. The number of rotatable bonds is 4. The Morgan fingerprint density at radius 3 is 2.74 bits per heavy atom. The molecule has 1 aliphatic rings. The standard InChI is InChI=1S/C14H19F3N2/c1-10-6-11(18-7-14(16)17)9-19(8-10)13-5-3-2-4-12(13)15/h2-5,10-11,14,18H,6-9H2,1H3. The van der Waals surface area contributed by atoms with Crippen molar-refractivity contribution in [2.24, 2.45) is 5.92 Å². The van der Waals surface area contributed by atoms with Crippen molar-refractivity contribution in [3.8, 4) is 0 Å². The number of nitrogens with zero attached hydrogens (tertiary/aromatic N) is 1. The molecule has 1 saturated heterocycles. The number of hydrogen-bond donors (Lipinski definition) is 1. The summed E-state index contributed by atoms with van der Waals surface area (Å²) in [6.07, 6.45) is -1.50. The molecule has 0 aromatic heterocycles. The number of anilines is 1. The average Bonchev–Trinajstić information content (AvgIpc) is 2.36. The van der Waals surface area contributed by atoms with E-state index in [4.69, 9.17) is 0 Å². The first kappa shape index (κ1) is 14.2. The number of benzene rings is 1. The molecular weight excluding hydrogens is 253 g/mol. The summed E-state index contributed by atoms with van der Waals surface area (Å²) < 4.78 is 38.2. The zero-order chi connectivity index (χ0) is 13.8. The van der Waals surface area contributed by atoms with Gasteiger partial charge in [0.05, 0.1) is 12.2 Å². The number of piperidine rings is 1. The van der Waals surface area contributed by atoms with Crippen LogP contribution in [0.5, 0.6) is 0 Å². The Morgan fingerprint density at radius 1 is 1.32 bits per heavy atom. The lowest BCUT2D eigenvalue weighted by atomic mass is 9.95. The van der Waals surface area contributed by atoms with E-state index in [-0.39, 0.29) is 18.4 Å². The summed E-state index contributed by atoms with van der Waals surface area (Å²) in [5.74, 6) is 0.0905. The van der Waals surface area contributed by atoms with Crippen molar-refractivity contribution >= 4 is 5.69 Å². The summed E-state index contributed by atoms with van der Waals surface area (Å²) in [4.78, 5) is 1.94. The van der Waals surface area contributed by atoms with Crippen molar-refractivity contribution in [1.29, 1.82) is 0 Å². The van der Waals surface area contributed by atoms with E-state index in [0.29, 0.717) is 18.2 Å². The summed E-state index contributed by atoms with van der Waals surface area (Å²) >= 11 is 0. The molecule has 2 unspecified atom stereocenters. The first-order valence-corrected chi connectivity index (χ1v) is 6.57. The molecule has 0 amide bonds. The molecule has 1 heterocycles. The van der Waals surface area contributed by atoms with Gasteiger partial charge in [-0.25, -0.2) is 13.2 Å². The fraction of sp³-hybridized carbons (Fsp3) is 0.571. The second-order valence-electron chi connectivity index (χ2n) is 5.19. The molecule has 19 heavy (non-hydrogen) atoms. The number of nitrogens with one attached hydrogen (secondary N) is 1. The number of hydrogen-bond acceptors (Lipinski definition) is 2. The van der Waals surface area contributed by atoms with E-state index >= 15 is 0 Å².